The number of ketones is 2. The summed E-state index contributed by atoms with van der Waals surface area (Å²) in [5, 5.41) is 0.643. The molecule has 0 aromatic heterocycles. The summed E-state index contributed by atoms with van der Waals surface area (Å²) in [6.07, 6.45) is 2.29. The van der Waals surface area contributed by atoms with Gasteiger partial charge in [0.05, 0.1) is 5.41 Å². The molecule has 0 spiro atoms. The van der Waals surface area contributed by atoms with Crippen LogP contribution in [0.2, 0.25) is 5.02 Å². The number of nitrogens with zero attached hydrogens (tertiary/aromatic N) is 1. The first kappa shape index (κ1) is 22.5. The summed E-state index contributed by atoms with van der Waals surface area (Å²) in [5.74, 6) is -0.272. The maximum atomic E-state index is 14.3. The zero-order chi connectivity index (χ0) is 24.7. The first-order chi connectivity index (χ1) is 17.6. The van der Waals surface area contributed by atoms with E-state index in [1.807, 2.05) is 121 Å². The van der Waals surface area contributed by atoms with Crippen LogP contribution in [0.3, 0.4) is 0 Å². The number of benzene rings is 4. The fourth-order valence-electron chi connectivity index (χ4n) is 6.04. The van der Waals surface area contributed by atoms with Crippen LogP contribution in [-0.4, -0.2) is 17.6 Å². The number of anilines is 1. The normalized spacial score (nSPS) is 20.2. The van der Waals surface area contributed by atoms with Crippen molar-refractivity contribution in [3.8, 4) is 0 Å². The van der Waals surface area contributed by atoms with E-state index >= 15 is 0 Å². The van der Waals surface area contributed by atoms with Gasteiger partial charge in [-0.1, -0.05) is 103 Å². The van der Waals surface area contributed by atoms with Crippen molar-refractivity contribution in [2.24, 2.45) is 5.92 Å². The first-order valence-electron chi connectivity index (χ1n) is 12.1. The molecule has 1 aliphatic heterocycles. The van der Waals surface area contributed by atoms with Crippen molar-refractivity contribution in [2.45, 2.75) is 17.9 Å². The van der Waals surface area contributed by atoms with Crippen LogP contribution < -0.4 is 4.90 Å². The molecule has 2 aliphatic rings. The highest BCUT2D eigenvalue weighted by molar-refractivity contribution is 6.30. The van der Waals surface area contributed by atoms with Gasteiger partial charge in [-0.25, -0.2) is 0 Å². The molecule has 3 nitrogen and oxygen atoms in total. The minimum atomic E-state index is -0.968. The molecule has 2 atom stereocenters. The predicted octanol–water partition coefficient (Wildman–Crippen LogP) is 6.87. The van der Waals surface area contributed by atoms with Crippen LogP contribution in [-0.2, 0) is 10.2 Å². The van der Waals surface area contributed by atoms with Crippen molar-refractivity contribution in [3.63, 3.8) is 0 Å². The second-order valence-corrected chi connectivity index (χ2v) is 9.81. The lowest BCUT2D eigenvalue weighted by Crippen LogP contribution is -2.42. The molecular formula is C32H24ClNO2. The smallest absolute Gasteiger partial charge is 0.190 e. The summed E-state index contributed by atoms with van der Waals surface area (Å²) in [5.41, 5.74) is 3.05. The summed E-state index contributed by atoms with van der Waals surface area (Å²) in [7, 11) is 0. The van der Waals surface area contributed by atoms with Gasteiger partial charge in [-0.2, -0.15) is 0 Å². The van der Waals surface area contributed by atoms with Gasteiger partial charge in [-0.05, 0) is 35.4 Å². The Balaban J connectivity index is 1.60. The molecule has 0 bridgehead atoms. The van der Waals surface area contributed by atoms with Gasteiger partial charge in [0.15, 0.2) is 11.6 Å². The van der Waals surface area contributed by atoms with E-state index in [0.717, 1.165) is 16.8 Å². The Morgan fingerprint density at radius 2 is 1.28 bits per heavy atom. The maximum absolute atomic E-state index is 14.3. The van der Waals surface area contributed by atoms with Crippen LogP contribution in [0.5, 0.6) is 0 Å². The van der Waals surface area contributed by atoms with Crippen LogP contribution in [0.1, 0.15) is 27.9 Å². The zero-order valence-corrected chi connectivity index (χ0v) is 20.3. The molecule has 2 unspecified atom stereocenters. The molecule has 1 heterocycles. The third-order valence-electron chi connectivity index (χ3n) is 7.54. The molecule has 6 rings (SSSR count). The second-order valence-electron chi connectivity index (χ2n) is 9.38. The third kappa shape index (κ3) is 3.42. The van der Waals surface area contributed by atoms with Gasteiger partial charge < -0.3 is 4.90 Å². The Hall–Kier alpha value is -3.95. The molecule has 176 valence electrons. The SMILES string of the molecule is O=C(C1=CN(c2ccc(Cl)cc2)C2CC(=O)C(c3ccccc3)(c3ccccc3)C12)c1ccccc1. The zero-order valence-electron chi connectivity index (χ0n) is 19.6. The molecular weight excluding hydrogens is 466 g/mol. The number of carbonyl (C=O) groups is 2. The van der Waals surface area contributed by atoms with Gasteiger partial charge in [-0.15, -0.1) is 0 Å². The van der Waals surface area contributed by atoms with Gasteiger partial charge >= 0.3 is 0 Å². The van der Waals surface area contributed by atoms with E-state index in [2.05, 4.69) is 4.90 Å². The highest BCUT2D eigenvalue weighted by atomic mass is 35.5. The molecule has 0 radical (unpaired) electrons. The second kappa shape index (κ2) is 8.92. The molecule has 0 saturated heterocycles. The monoisotopic (exact) mass is 489 g/mol. The van der Waals surface area contributed by atoms with E-state index in [0.29, 0.717) is 22.6 Å². The lowest BCUT2D eigenvalue weighted by Gasteiger charge is -2.36. The summed E-state index contributed by atoms with van der Waals surface area (Å²) in [6.45, 7) is 0. The summed E-state index contributed by atoms with van der Waals surface area (Å²) in [6, 6.07) is 36.6. The molecule has 4 heteroatoms. The van der Waals surface area contributed by atoms with Gasteiger partial charge in [0, 0.05) is 46.4 Å². The van der Waals surface area contributed by atoms with Crippen molar-refractivity contribution < 1.29 is 9.59 Å². The standard InChI is InChI=1S/C32H24ClNO2/c33-25-16-18-26(19-17-25)34-21-27(31(36)22-10-4-1-5-11-22)30-28(34)20-29(35)32(30,23-12-6-2-7-13-23)24-14-8-3-9-15-24/h1-19,21,28,30H,20H2. The summed E-state index contributed by atoms with van der Waals surface area (Å²) < 4.78 is 0. The van der Waals surface area contributed by atoms with Gasteiger partial charge in [-0.3, -0.25) is 9.59 Å². The Morgan fingerprint density at radius 3 is 1.83 bits per heavy atom. The highest BCUT2D eigenvalue weighted by Crippen LogP contribution is 2.56. The van der Waals surface area contributed by atoms with Crippen LogP contribution in [0.4, 0.5) is 5.69 Å². The van der Waals surface area contributed by atoms with Crippen molar-refractivity contribution in [1.29, 1.82) is 0 Å². The van der Waals surface area contributed by atoms with Gasteiger partial charge in [0.1, 0.15) is 0 Å². The molecule has 4 aromatic carbocycles. The Labute approximate surface area is 215 Å². The summed E-state index contributed by atoms with van der Waals surface area (Å²) >= 11 is 6.18. The van der Waals surface area contributed by atoms with Crippen molar-refractivity contribution in [3.05, 3.63) is 149 Å². The van der Waals surface area contributed by atoms with Crippen LogP contribution in [0, 0.1) is 5.92 Å². The van der Waals surface area contributed by atoms with E-state index < -0.39 is 5.41 Å². The Bertz CT molecular complexity index is 1410. The quantitative estimate of drug-likeness (QED) is 0.287. The van der Waals surface area contributed by atoms with Gasteiger partial charge in [0.2, 0.25) is 0 Å². The molecule has 4 aromatic rings. The van der Waals surface area contributed by atoms with Crippen molar-refractivity contribution >= 4 is 28.9 Å². The minimum absolute atomic E-state index is 0.0481. The lowest BCUT2D eigenvalue weighted by atomic mass is 9.64. The van der Waals surface area contributed by atoms with Crippen LogP contribution in [0.15, 0.2) is 127 Å². The van der Waals surface area contributed by atoms with Gasteiger partial charge in [0.25, 0.3) is 0 Å². The minimum Gasteiger partial charge on any atom is -0.343 e. The lowest BCUT2D eigenvalue weighted by molar-refractivity contribution is -0.121. The Kier molecular flexibility index (Phi) is 5.58. The molecule has 1 fully saturated rings. The van der Waals surface area contributed by atoms with E-state index in [4.69, 9.17) is 11.6 Å². The van der Waals surface area contributed by atoms with Crippen molar-refractivity contribution in [1.82, 2.24) is 0 Å². The predicted molar refractivity (Wildman–Crippen MR) is 143 cm³/mol. The van der Waals surface area contributed by atoms with E-state index in [1.165, 1.54) is 0 Å². The number of halogens is 1. The number of Topliss-reactive ketones (excluding diaryl/α,β-unsaturated/α-hetero) is 2. The first-order valence-corrected chi connectivity index (χ1v) is 12.5. The van der Waals surface area contributed by atoms with E-state index in [1.54, 1.807) is 0 Å². The number of rotatable bonds is 5. The van der Waals surface area contributed by atoms with Crippen LogP contribution in [0.25, 0.3) is 0 Å². The van der Waals surface area contributed by atoms with E-state index in [-0.39, 0.29) is 23.5 Å². The average molecular weight is 490 g/mol. The maximum Gasteiger partial charge on any atom is 0.190 e. The summed E-state index contributed by atoms with van der Waals surface area (Å²) in [4.78, 5) is 30.4. The van der Waals surface area contributed by atoms with E-state index in [9.17, 15) is 9.59 Å². The van der Waals surface area contributed by atoms with Crippen molar-refractivity contribution in [2.75, 3.05) is 4.90 Å². The highest BCUT2D eigenvalue weighted by Gasteiger charge is 2.62. The molecule has 0 amide bonds. The molecule has 1 saturated carbocycles. The Morgan fingerprint density at radius 1 is 0.750 bits per heavy atom. The third-order valence-corrected chi connectivity index (χ3v) is 7.79. The van der Waals surface area contributed by atoms with Crippen LogP contribution >= 0.6 is 11.6 Å². The molecule has 0 N–H and O–H groups in total. The molecule has 1 aliphatic carbocycles. The fraction of sp³-hybridized carbons (Fsp3) is 0.125. The number of hydrogen-bond acceptors (Lipinski definition) is 3. The average Bonchev–Trinajstić information content (AvgIpc) is 3.44. The topological polar surface area (TPSA) is 37.4 Å². The fourth-order valence-corrected chi connectivity index (χ4v) is 6.17. The number of fused-ring (bicyclic) bond motifs is 1. The largest absolute Gasteiger partial charge is 0.343 e. The molecule has 36 heavy (non-hydrogen) atoms. The number of hydrogen-bond donors (Lipinski definition) is 0. The number of carbonyl (C=O) groups excluding carboxylic acids is 2.